The number of hydrogen-bond acceptors (Lipinski definition) is 7. The van der Waals surface area contributed by atoms with Crippen LogP contribution in [0.15, 0.2) is 28.8 Å². The summed E-state index contributed by atoms with van der Waals surface area (Å²) in [7, 11) is 0. The molecule has 2 atom stereocenters. The van der Waals surface area contributed by atoms with Crippen LogP contribution in [0, 0.1) is 0 Å². The van der Waals surface area contributed by atoms with Gasteiger partial charge in [0.1, 0.15) is 4.71 Å². The molecule has 3 aliphatic heterocycles. The largest absolute Gasteiger partial charge is 0.374 e. The minimum Gasteiger partial charge on any atom is -0.374 e. The lowest BCUT2D eigenvalue weighted by Gasteiger charge is -2.33. The van der Waals surface area contributed by atoms with Crippen LogP contribution in [0.3, 0.4) is 0 Å². The Morgan fingerprint density at radius 1 is 1.37 bits per heavy atom. The van der Waals surface area contributed by atoms with E-state index in [4.69, 9.17) is 27.9 Å². The van der Waals surface area contributed by atoms with Crippen molar-refractivity contribution < 1.29 is 9.53 Å². The highest BCUT2D eigenvalue weighted by Gasteiger charge is 2.27. The zero-order chi connectivity index (χ0) is 20.9. The smallest absolute Gasteiger partial charge is 0.230 e. The SMILES string of the molecule is O=C(CSC1NC2=C(CNCC2)S1)NC[C@H]1CN(Cc2ccc(Cl)c(Cl)c2)CCO1. The van der Waals surface area contributed by atoms with Gasteiger partial charge in [-0.1, -0.05) is 41.0 Å². The summed E-state index contributed by atoms with van der Waals surface area (Å²) in [6.07, 6.45) is 1.04. The third-order valence-electron chi connectivity index (χ3n) is 5.22. The van der Waals surface area contributed by atoms with Crippen LogP contribution in [0.2, 0.25) is 10.0 Å². The third kappa shape index (κ3) is 6.22. The Balaban J connectivity index is 1.15. The highest BCUT2D eigenvalue weighted by atomic mass is 35.5. The van der Waals surface area contributed by atoms with E-state index in [2.05, 4.69) is 20.9 Å². The standard InChI is InChI=1S/C20H26Cl2N4O2S2/c21-15-2-1-13(7-16(15)22)10-26-5-6-28-14(11-26)8-24-19(27)12-29-20-25-17-3-4-23-9-18(17)30-20/h1-2,7,14,20,23,25H,3-6,8-12H2,(H,24,27)/t14-,20?/m0/s1. The van der Waals surface area contributed by atoms with Crippen molar-refractivity contribution >= 4 is 52.6 Å². The number of nitrogens with one attached hydrogen (secondary N) is 3. The van der Waals surface area contributed by atoms with Crippen molar-refractivity contribution in [3.05, 3.63) is 44.4 Å². The number of halogens is 2. The average molecular weight is 489 g/mol. The first-order valence-electron chi connectivity index (χ1n) is 10.1. The van der Waals surface area contributed by atoms with Crippen LogP contribution in [0.4, 0.5) is 0 Å². The Hall–Kier alpha value is -0.610. The molecule has 1 amide bonds. The summed E-state index contributed by atoms with van der Waals surface area (Å²) in [6, 6.07) is 5.73. The molecule has 0 bridgehead atoms. The highest BCUT2D eigenvalue weighted by molar-refractivity contribution is 8.19. The molecule has 1 unspecified atom stereocenters. The van der Waals surface area contributed by atoms with Gasteiger partial charge in [-0.25, -0.2) is 0 Å². The Morgan fingerprint density at radius 3 is 3.10 bits per heavy atom. The van der Waals surface area contributed by atoms with E-state index in [0.717, 1.165) is 44.7 Å². The molecule has 4 rings (SSSR count). The molecule has 0 aromatic heterocycles. The van der Waals surface area contributed by atoms with Gasteiger partial charge in [-0.15, -0.1) is 11.8 Å². The lowest BCUT2D eigenvalue weighted by atomic mass is 10.2. The van der Waals surface area contributed by atoms with E-state index in [9.17, 15) is 4.79 Å². The number of morpholine rings is 1. The molecule has 1 aromatic carbocycles. The molecule has 0 saturated carbocycles. The van der Waals surface area contributed by atoms with Gasteiger partial charge in [0.2, 0.25) is 5.91 Å². The average Bonchev–Trinajstić information content (AvgIpc) is 3.17. The molecule has 0 spiro atoms. The fourth-order valence-corrected chi connectivity index (χ4v) is 6.40. The van der Waals surface area contributed by atoms with Crippen molar-refractivity contribution in [2.24, 2.45) is 0 Å². The van der Waals surface area contributed by atoms with Gasteiger partial charge in [0.25, 0.3) is 0 Å². The molecule has 3 aliphatic rings. The highest BCUT2D eigenvalue weighted by Crippen LogP contribution is 2.37. The van der Waals surface area contributed by atoms with E-state index in [0.29, 0.717) is 28.9 Å². The van der Waals surface area contributed by atoms with Gasteiger partial charge < -0.3 is 20.7 Å². The van der Waals surface area contributed by atoms with E-state index >= 15 is 0 Å². The molecule has 1 fully saturated rings. The second-order valence-electron chi connectivity index (χ2n) is 7.51. The predicted molar refractivity (Wildman–Crippen MR) is 126 cm³/mol. The number of amides is 1. The summed E-state index contributed by atoms with van der Waals surface area (Å²) in [5, 5.41) is 11.1. The number of carbonyl (C=O) groups excluding carboxylic acids is 1. The molecule has 3 N–H and O–H groups in total. The summed E-state index contributed by atoms with van der Waals surface area (Å²) in [5.41, 5.74) is 2.47. The molecular weight excluding hydrogens is 463 g/mol. The lowest BCUT2D eigenvalue weighted by Crippen LogP contribution is -2.47. The second kappa shape index (κ2) is 10.8. The van der Waals surface area contributed by atoms with Gasteiger partial charge in [-0.3, -0.25) is 9.69 Å². The first-order chi connectivity index (χ1) is 14.6. The monoisotopic (exact) mass is 488 g/mol. The van der Waals surface area contributed by atoms with Crippen LogP contribution in [0.1, 0.15) is 12.0 Å². The van der Waals surface area contributed by atoms with E-state index in [1.165, 1.54) is 10.6 Å². The summed E-state index contributed by atoms with van der Waals surface area (Å²) >= 11 is 15.6. The molecule has 0 aliphatic carbocycles. The van der Waals surface area contributed by atoms with E-state index in [1.54, 1.807) is 11.8 Å². The van der Waals surface area contributed by atoms with Crippen LogP contribution in [0.5, 0.6) is 0 Å². The van der Waals surface area contributed by atoms with Gasteiger partial charge in [-0.2, -0.15) is 0 Å². The van der Waals surface area contributed by atoms with Crippen molar-refractivity contribution in [3.63, 3.8) is 0 Å². The molecule has 1 saturated heterocycles. The summed E-state index contributed by atoms with van der Waals surface area (Å²) in [6.45, 7) is 5.57. The first-order valence-corrected chi connectivity index (χ1v) is 12.8. The molecule has 1 aromatic rings. The van der Waals surface area contributed by atoms with Gasteiger partial charge >= 0.3 is 0 Å². The number of thioether (sulfide) groups is 2. The molecule has 30 heavy (non-hydrogen) atoms. The number of rotatable bonds is 7. The van der Waals surface area contributed by atoms with Crippen LogP contribution in [-0.4, -0.2) is 66.7 Å². The zero-order valence-corrected chi connectivity index (χ0v) is 19.7. The number of carbonyl (C=O) groups is 1. The minimum absolute atomic E-state index is 0.00509. The van der Waals surface area contributed by atoms with Gasteiger partial charge in [0.15, 0.2) is 0 Å². The van der Waals surface area contributed by atoms with Crippen LogP contribution in [0.25, 0.3) is 0 Å². The number of benzene rings is 1. The first kappa shape index (κ1) is 22.6. The summed E-state index contributed by atoms with van der Waals surface area (Å²) < 4.78 is 6.07. The number of ether oxygens (including phenoxy) is 1. The molecular formula is C20H26Cl2N4O2S2. The molecule has 3 heterocycles. The van der Waals surface area contributed by atoms with Crippen molar-refractivity contribution in [3.8, 4) is 0 Å². The Labute approximate surface area is 195 Å². The lowest BCUT2D eigenvalue weighted by molar-refractivity contribution is -0.119. The zero-order valence-electron chi connectivity index (χ0n) is 16.6. The van der Waals surface area contributed by atoms with Crippen molar-refractivity contribution in [1.29, 1.82) is 0 Å². The minimum atomic E-state index is -0.00509. The quantitative estimate of drug-likeness (QED) is 0.545. The molecule has 10 heteroatoms. The third-order valence-corrected chi connectivity index (χ3v) is 8.51. The fraction of sp³-hybridized carbons (Fsp3) is 0.550. The molecule has 6 nitrogen and oxygen atoms in total. The van der Waals surface area contributed by atoms with Crippen LogP contribution >= 0.6 is 46.7 Å². The van der Waals surface area contributed by atoms with E-state index < -0.39 is 0 Å². The van der Waals surface area contributed by atoms with Crippen molar-refractivity contribution in [2.45, 2.75) is 23.8 Å². The maximum Gasteiger partial charge on any atom is 0.230 e. The molecule has 164 valence electrons. The Morgan fingerprint density at radius 2 is 2.27 bits per heavy atom. The Kier molecular flexibility index (Phi) is 8.14. The second-order valence-corrected chi connectivity index (χ2v) is 10.9. The van der Waals surface area contributed by atoms with Gasteiger partial charge in [-0.05, 0) is 17.7 Å². The maximum atomic E-state index is 12.3. The van der Waals surface area contributed by atoms with Gasteiger partial charge in [0.05, 0.1) is 28.5 Å². The number of nitrogens with zero attached hydrogens (tertiary/aromatic N) is 1. The van der Waals surface area contributed by atoms with E-state index in [1.807, 2.05) is 30.0 Å². The summed E-state index contributed by atoms with van der Waals surface area (Å²) in [4.78, 5) is 16.0. The van der Waals surface area contributed by atoms with Crippen molar-refractivity contribution in [1.82, 2.24) is 20.9 Å². The fourth-order valence-electron chi connectivity index (χ4n) is 3.68. The topological polar surface area (TPSA) is 65.6 Å². The Bertz CT molecular complexity index is 793. The van der Waals surface area contributed by atoms with Gasteiger partial charge in [0, 0.05) is 56.3 Å². The van der Waals surface area contributed by atoms with Crippen molar-refractivity contribution in [2.75, 3.05) is 45.1 Å². The van der Waals surface area contributed by atoms with Crippen LogP contribution < -0.4 is 16.0 Å². The maximum absolute atomic E-state index is 12.3. The predicted octanol–water partition coefficient (Wildman–Crippen LogP) is 2.87. The summed E-state index contributed by atoms with van der Waals surface area (Å²) in [5.74, 6) is 0.494. The molecule has 0 radical (unpaired) electrons. The van der Waals surface area contributed by atoms with Crippen LogP contribution in [-0.2, 0) is 16.1 Å². The number of hydrogen-bond donors (Lipinski definition) is 3. The van der Waals surface area contributed by atoms with E-state index in [-0.39, 0.29) is 16.7 Å². The normalized spacial score (nSPS) is 24.5.